The van der Waals surface area contributed by atoms with Gasteiger partial charge < -0.3 is 14.4 Å². The Balaban J connectivity index is 1.74. The molecule has 0 aliphatic carbocycles. The van der Waals surface area contributed by atoms with Gasteiger partial charge >= 0.3 is 17.7 Å². The van der Waals surface area contributed by atoms with Gasteiger partial charge in [-0.15, -0.1) is 0 Å². The van der Waals surface area contributed by atoms with E-state index >= 15 is 0 Å². The summed E-state index contributed by atoms with van der Waals surface area (Å²) in [5.74, 6) is 0.744. The molecule has 9 heteroatoms. The van der Waals surface area contributed by atoms with Crippen LogP contribution in [0.2, 0.25) is 0 Å². The van der Waals surface area contributed by atoms with Gasteiger partial charge in [0, 0.05) is 21.1 Å². The average molecular weight is 371 g/mol. The molecule has 0 N–H and O–H groups in total. The summed E-state index contributed by atoms with van der Waals surface area (Å²) in [6.45, 7) is 2.53. The van der Waals surface area contributed by atoms with E-state index in [1.165, 1.54) is 15.7 Å². The van der Waals surface area contributed by atoms with Crippen LogP contribution in [0.4, 0.5) is 4.79 Å². The normalized spacial score (nSPS) is 10.8. The number of ether oxygens (including phenoxy) is 2. The van der Waals surface area contributed by atoms with E-state index in [1.54, 1.807) is 21.1 Å². The fourth-order valence-electron chi connectivity index (χ4n) is 2.46. The number of carbonyl (C=O) groups excluding carboxylic acids is 1. The van der Waals surface area contributed by atoms with Crippen molar-refractivity contribution < 1.29 is 14.3 Å². The summed E-state index contributed by atoms with van der Waals surface area (Å²) >= 11 is 0. The lowest BCUT2D eigenvalue weighted by molar-refractivity contribution is 0.206. The van der Waals surface area contributed by atoms with Crippen molar-refractivity contribution in [3.63, 3.8) is 0 Å². The Bertz CT molecular complexity index is 1020. The molecule has 0 radical (unpaired) electrons. The molecule has 0 unspecified atom stereocenters. The number of hydrogen-bond donors (Lipinski definition) is 0. The Morgan fingerprint density at radius 1 is 1.15 bits per heavy atom. The van der Waals surface area contributed by atoms with E-state index in [-0.39, 0.29) is 18.3 Å². The molecule has 9 nitrogen and oxygen atoms in total. The monoisotopic (exact) mass is 371 g/mol. The van der Waals surface area contributed by atoms with Crippen LogP contribution in [0, 0.1) is 6.92 Å². The Hall–Kier alpha value is -3.36. The summed E-state index contributed by atoms with van der Waals surface area (Å²) in [4.78, 5) is 34.3. The molecular formula is C18H21N5O4. The third kappa shape index (κ3) is 3.76. The Morgan fingerprint density at radius 3 is 2.48 bits per heavy atom. The zero-order valence-corrected chi connectivity index (χ0v) is 15.7. The van der Waals surface area contributed by atoms with Gasteiger partial charge in [-0.05, 0) is 19.1 Å². The average Bonchev–Trinajstić information content (AvgIpc) is 2.90. The summed E-state index contributed by atoms with van der Waals surface area (Å²) < 4.78 is 13.4. The van der Waals surface area contributed by atoms with Crippen LogP contribution in [-0.4, -0.2) is 57.3 Å². The summed E-state index contributed by atoms with van der Waals surface area (Å²) in [6.07, 6.45) is 1.46. The van der Waals surface area contributed by atoms with Crippen LogP contribution in [0.3, 0.4) is 0 Å². The second-order valence-corrected chi connectivity index (χ2v) is 6.23. The number of nitrogens with zero attached hydrogens (tertiary/aromatic N) is 5. The Kier molecular flexibility index (Phi) is 5.11. The number of hydrogen-bond acceptors (Lipinski definition) is 6. The molecule has 0 aliphatic rings. The molecule has 0 saturated carbocycles. The molecule has 3 aromatic rings. The minimum absolute atomic E-state index is 0.0703. The van der Waals surface area contributed by atoms with Gasteiger partial charge in [0.1, 0.15) is 24.5 Å². The highest BCUT2D eigenvalue weighted by Crippen LogP contribution is 2.14. The lowest BCUT2D eigenvalue weighted by Gasteiger charge is -2.10. The van der Waals surface area contributed by atoms with Gasteiger partial charge in [0.05, 0.1) is 6.20 Å². The SMILES string of the molecule is Cc1ccc(OCCOc2ncc3c(n2)n(C(=O)N(C)C)c(=O)n3C)cc1. The van der Waals surface area contributed by atoms with E-state index in [0.29, 0.717) is 12.1 Å². The quantitative estimate of drug-likeness (QED) is 0.630. The van der Waals surface area contributed by atoms with Crippen molar-refractivity contribution in [3.8, 4) is 11.8 Å². The number of fused-ring (bicyclic) bond motifs is 1. The van der Waals surface area contributed by atoms with E-state index < -0.39 is 11.7 Å². The standard InChI is InChI=1S/C18H21N5O4/c1-12-5-7-13(8-6-12)26-9-10-27-16-19-11-14-15(20-16)23(17(24)21(2)3)18(25)22(14)4/h5-8,11H,9-10H2,1-4H3. The van der Waals surface area contributed by atoms with Gasteiger partial charge in [0.2, 0.25) is 0 Å². The minimum Gasteiger partial charge on any atom is -0.490 e. The van der Waals surface area contributed by atoms with E-state index in [2.05, 4.69) is 9.97 Å². The van der Waals surface area contributed by atoms with E-state index in [1.807, 2.05) is 31.2 Å². The molecule has 0 aliphatic heterocycles. The highest BCUT2D eigenvalue weighted by molar-refractivity contribution is 5.86. The van der Waals surface area contributed by atoms with Gasteiger partial charge in [0.25, 0.3) is 0 Å². The number of rotatable bonds is 5. The van der Waals surface area contributed by atoms with Crippen molar-refractivity contribution in [1.29, 1.82) is 0 Å². The largest absolute Gasteiger partial charge is 0.490 e. The van der Waals surface area contributed by atoms with E-state index in [9.17, 15) is 9.59 Å². The first kappa shape index (κ1) is 18.4. The predicted molar refractivity (Wildman–Crippen MR) is 99.4 cm³/mol. The van der Waals surface area contributed by atoms with Gasteiger partial charge in [-0.25, -0.2) is 14.6 Å². The van der Waals surface area contributed by atoms with Crippen molar-refractivity contribution in [3.05, 3.63) is 46.5 Å². The first-order valence-corrected chi connectivity index (χ1v) is 8.37. The number of benzene rings is 1. The molecule has 142 valence electrons. The van der Waals surface area contributed by atoms with Gasteiger partial charge in [-0.2, -0.15) is 9.55 Å². The lowest BCUT2D eigenvalue weighted by atomic mass is 10.2. The first-order valence-electron chi connectivity index (χ1n) is 8.37. The van der Waals surface area contributed by atoms with Crippen molar-refractivity contribution in [2.75, 3.05) is 27.3 Å². The molecule has 0 spiro atoms. The number of aromatic nitrogens is 4. The molecular weight excluding hydrogens is 350 g/mol. The highest BCUT2D eigenvalue weighted by Gasteiger charge is 2.20. The molecule has 2 heterocycles. The number of aryl methyl sites for hydroxylation is 2. The Morgan fingerprint density at radius 2 is 1.81 bits per heavy atom. The van der Waals surface area contributed by atoms with Gasteiger partial charge in [-0.1, -0.05) is 17.7 Å². The van der Waals surface area contributed by atoms with Crippen molar-refractivity contribution >= 4 is 17.2 Å². The number of amides is 1. The van der Waals surface area contributed by atoms with Crippen LogP contribution >= 0.6 is 0 Å². The number of carbonyl (C=O) groups is 1. The molecule has 27 heavy (non-hydrogen) atoms. The fraction of sp³-hybridized carbons (Fsp3) is 0.333. The summed E-state index contributed by atoms with van der Waals surface area (Å²) in [5.41, 5.74) is 1.31. The topological polar surface area (TPSA) is 91.5 Å². The second-order valence-electron chi connectivity index (χ2n) is 6.23. The minimum atomic E-state index is -0.488. The smallest absolute Gasteiger partial charge is 0.338 e. The molecule has 1 aromatic carbocycles. The molecule has 0 atom stereocenters. The fourth-order valence-corrected chi connectivity index (χ4v) is 2.46. The van der Waals surface area contributed by atoms with Crippen LogP contribution in [0.25, 0.3) is 11.2 Å². The maximum atomic E-state index is 12.3. The van der Waals surface area contributed by atoms with Gasteiger partial charge in [-0.3, -0.25) is 4.57 Å². The van der Waals surface area contributed by atoms with Crippen LogP contribution in [0.1, 0.15) is 5.56 Å². The summed E-state index contributed by atoms with van der Waals surface area (Å²) in [6, 6.07) is 7.27. The van der Waals surface area contributed by atoms with Crippen molar-refractivity contribution in [1.82, 2.24) is 24.0 Å². The molecule has 0 bridgehead atoms. The molecule has 3 rings (SSSR count). The maximum Gasteiger partial charge on any atom is 0.338 e. The lowest BCUT2D eigenvalue weighted by Crippen LogP contribution is -2.35. The third-order valence-corrected chi connectivity index (χ3v) is 3.96. The third-order valence-electron chi connectivity index (χ3n) is 3.96. The highest BCUT2D eigenvalue weighted by atomic mass is 16.5. The zero-order valence-electron chi connectivity index (χ0n) is 15.7. The molecule has 1 amide bonds. The molecule has 0 saturated heterocycles. The van der Waals surface area contributed by atoms with Crippen LogP contribution in [0.5, 0.6) is 11.8 Å². The zero-order chi connectivity index (χ0) is 19.6. The first-order chi connectivity index (χ1) is 12.9. The number of imidazole rings is 1. The second kappa shape index (κ2) is 7.48. The van der Waals surface area contributed by atoms with Crippen molar-refractivity contribution in [2.24, 2.45) is 7.05 Å². The van der Waals surface area contributed by atoms with Crippen LogP contribution in [-0.2, 0) is 7.05 Å². The molecule has 0 fully saturated rings. The maximum absolute atomic E-state index is 12.3. The van der Waals surface area contributed by atoms with Crippen molar-refractivity contribution in [2.45, 2.75) is 6.92 Å². The van der Waals surface area contributed by atoms with Gasteiger partial charge in [0.15, 0.2) is 5.65 Å². The van der Waals surface area contributed by atoms with E-state index in [0.717, 1.165) is 15.9 Å². The van der Waals surface area contributed by atoms with Crippen LogP contribution in [0.15, 0.2) is 35.3 Å². The summed E-state index contributed by atoms with van der Waals surface area (Å²) in [5, 5.41) is 0. The van der Waals surface area contributed by atoms with Crippen LogP contribution < -0.4 is 15.2 Å². The summed E-state index contributed by atoms with van der Waals surface area (Å²) in [7, 11) is 4.69. The van der Waals surface area contributed by atoms with E-state index in [4.69, 9.17) is 9.47 Å². The Labute approximate surface area is 155 Å². The predicted octanol–water partition coefficient (Wildman–Crippen LogP) is 1.43. The molecule has 2 aromatic heterocycles.